The van der Waals surface area contributed by atoms with Crippen molar-refractivity contribution in [2.75, 3.05) is 11.4 Å². The molecule has 2 aromatic carbocycles. The summed E-state index contributed by atoms with van der Waals surface area (Å²) < 4.78 is 5.67. The van der Waals surface area contributed by atoms with Crippen LogP contribution in [0.2, 0.25) is 0 Å². The lowest BCUT2D eigenvalue weighted by molar-refractivity contribution is 0.0984. The van der Waals surface area contributed by atoms with E-state index in [1.807, 2.05) is 69.3 Å². The van der Waals surface area contributed by atoms with Gasteiger partial charge >= 0.3 is 0 Å². The molecule has 1 aromatic heterocycles. The molecule has 0 N–H and O–H groups in total. The zero-order chi connectivity index (χ0) is 20.1. The number of ether oxygens (including phenoxy) is 1. The Labute approximate surface area is 169 Å². The summed E-state index contributed by atoms with van der Waals surface area (Å²) in [6, 6.07) is 15.2. The number of amides is 1. The monoisotopic (exact) mass is 390 g/mol. The fourth-order valence-electron chi connectivity index (χ4n) is 2.80. The van der Waals surface area contributed by atoms with Crippen LogP contribution in [0, 0.1) is 12.3 Å². The Morgan fingerprint density at radius 1 is 1.25 bits per heavy atom. The van der Waals surface area contributed by atoms with Gasteiger partial charge < -0.3 is 9.64 Å². The summed E-state index contributed by atoms with van der Waals surface area (Å²) in [4.78, 5) is 19.2. The highest BCUT2D eigenvalue weighted by molar-refractivity contribution is 7.13. The molecule has 0 saturated heterocycles. The number of thiazole rings is 1. The number of benzene rings is 2. The maximum absolute atomic E-state index is 13.0. The van der Waals surface area contributed by atoms with Gasteiger partial charge in [0.1, 0.15) is 16.5 Å². The van der Waals surface area contributed by atoms with Crippen molar-refractivity contribution < 1.29 is 9.53 Å². The minimum absolute atomic E-state index is 0.128. The van der Waals surface area contributed by atoms with E-state index in [1.165, 1.54) is 11.3 Å². The van der Waals surface area contributed by atoms with Crippen molar-refractivity contribution in [1.82, 2.24) is 4.98 Å². The zero-order valence-corrected chi connectivity index (χ0v) is 17.0. The summed E-state index contributed by atoms with van der Waals surface area (Å²) in [5.74, 6) is 3.28. The number of hydrogen-bond donors (Lipinski definition) is 0. The number of carbonyl (C=O) groups excluding carboxylic acids is 1. The molecule has 3 rings (SSSR count). The smallest absolute Gasteiger partial charge is 0.277 e. The highest BCUT2D eigenvalue weighted by Crippen LogP contribution is 2.27. The van der Waals surface area contributed by atoms with Crippen molar-refractivity contribution in [1.29, 1.82) is 0 Å². The van der Waals surface area contributed by atoms with E-state index in [9.17, 15) is 4.79 Å². The molecule has 0 aliphatic carbocycles. The van der Waals surface area contributed by atoms with Crippen LogP contribution in [0.25, 0.3) is 10.6 Å². The lowest BCUT2D eigenvalue weighted by Gasteiger charge is -2.20. The number of aromatic nitrogens is 1. The van der Waals surface area contributed by atoms with Gasteiger partial charge in [-0.05, 0) is 63.2 Å². The highest BCUT2D eigenvalue weighted by atomic mass is 32.1. The average molecular weight is 391 g/mol. The third-order valence-electron chi connectivity index (χ3n) is 4.08. The quantitative estimate of drug-likeness (QED) is 0.540. The third kappa shape index (κ3) is 4.41. The second kappa shape index (κ2) is 8.73. The van der Waals surface area contributed by atoms with Gasteiger partial charge in [-0.1, -0.05) is 12.0 Å². The molecular formula is C23H22N2O2S. The minimum atomic E-state index is -0.140. The number of anilines is 1. The Hall–Kier alpha value is -3.10. The van der Waals surface area contributed by atoms with Crippen LogP contribution in [0.4, 0.5) is 5.69 Å². The van der Waals surface area contributed by atoms with Gasteiger partial charge in [-0.25, -0.2) is 4.98 Å². The summed E-state index contributed by atoms with van der Waals surface area (Å²) >= 11 is 1.45. The topological polar surface area (TPSA) is 42.4 Å². The van der Waals surface area contributed by atoms with Crippen molar-refractivity contribution in [2.24, 2.45) is 0 Å². The van der Waals surface area contributed by atoms with E-state index in [-0.39, 0.29) is 12.0 Å². The summed E-state index contributed by atoms with van der Waals surface area (Å²) in [7, 11) is 0. The first-order valence-corrected chi connectivity index (χ1v) is 10.0. The van der Waals surface area contributed by atoms with Gasteiger partial charge in [0.25, 0.3) is 5.91 Å². The lowest BCUT2D eigenvalue weighted by atomic mass is 10.2. The Kier molecular flexibility index (Phi) is 6.13. The van der Waals surface area contributed by atoms with Gasteiger partial charge in [-0.15, -0.1) is 17.8 Å². The molecule has 0 saturated carbocycles. The molecule has 1 heterocycles. The Morgan fingerprint density at radius 2 is 2.00 bits per heavy atom. The van der Waals surface area contributed by atoms with Gasteiger partial charge in [-0.3, -0.25) is 4.79 Å². The van der Waals surface area contributed by atoms with E-state index in [0.717, 1.165) is 27.6 Å². The molecule has 142 valence electrons. The predicted molar refractivity (Wildman–Crippen MR) is 115 cm³/mol. The summed E-state index contributed by atoms with van der Waals surface area (Å²) in [6.07, 6.45) is 5.61. The van der Waals surface area contributed by atoms with Crippen molar-refractivity contribution in [3.63, 3.8) is 0 Å². The molecule has 3 aromatic rings. The molecule has 28 heavy (non-hydrogen) atoms. The molecule has 0 unspecified atom stereocenters. The first-order valence-electron chi connectivity index (χ1n) is 9.13. The van der Waals surface area contributed by atoms with Crippen LogP contribution >= 0.6 is 11.3 Å². The van der Waals surface area contributed by atoms with Crippen LogP contribution in [-0.2, 0) is 0 Å². The maximum Gasteiger partial charge on any atom is 0.277 e. The Bertz CT molecular complexity index is 1000. The highest BCUT2D eigenvalue weighted by Gasteiger charge is 2.19. The molecule has 0 fully saturated rings. The SMILES string of the molecule is C#Cc1cccc(N(CC)C(=O)c2csc(-c3ccc(OC(C)C)cc3)n2)c1. The van der Waals surface area contributed by atoms with E-state index < -0.39 is 0 Å². The van der Waals surface area contributed by atoms with Crippen LogP contribution in [0.15, 0.2) is 53.9 Å². The minimum Gasteiger partial charge on any atom is -0.491 e. The molecule has 1 amide bonds. The van der Waals surface area contributed by atoms with E-state index in [1.54, 1.807) is 10.3 Å². The normalized spacial score (nSPS) is 10.5. The molecule has 0 aliphatic rings. The molecule has 5 heteroatoms. The van der Waals surface area contributed by atoms with E-state index in [0.29, 0.717) is 12.2 Å². The van der Waals surface area contributed by atoms with Crippen LogP contribution in [0.1, 0.15) is 36.8 Å². The van der Waals surface area contributed by atoms with Crippen molar-refractivity contribution in [3.8, 4) is 28.7 Å². The largest absolute Gasteiger partial charge is 0.491 e. The number of hydrogen-bond acceptors (Lipinski definition) is 4. The Morgan fingerprint density at radius 3 is 2.64 bits per heavy atom. The van der Waals surface area contributed by atoms with Gasteiger partial charge in [0, 0.05) is 28.7 Å². The molecule has 0 atom stereocenters. The van der Waals surface area contributed by atoms with Crippen LogP contribution in [0.3, 0.4) is 0 Å². The van der Waals surface area contributed by atoms with Crippen molar-refractivity contribution in [3.05, 3.63) is 65.2 Å². The second-order valence-electron chi connectivity index (χ2n) is 6.47. The molecule has 0 radical (unpaired) electrons. The zero-order valence-electron chi connectivity index (χ0n) is 16.2. The molecule has 0 aliphatic heterocycles. The molecule has 4 nitrogen and oxygen atoms in total. The van der Waals surface area contributed by atoms with E-state index in [4.69, 9.17) is 11.2 Å². The third-order valence-corrected chi connectivity index (χ3v) is 4.97. The lowest BCUT2D eigenvalue weighted by Crippen LogP contribution is -2.30. The second-order valence-corrected chi connectivity index (χ2v) is 7.33. The number of nitrogens with zero attached hydrogens (tertiary/aromatic N) is 2. The number of carbonyl (C=O) groups is 1. The Balaban J connectivity index is 1.82. The summed E-state index contributed by atoms with van der Waals surface area (Å²) in [5, 5.41) is 2.59. The fraction of sp³-hybridized carbons (Fsp3) is 0.217. The van der Waals surface area contributed by atoms with Gasteiger partial charge in [0.15, 0.2) is 0 Å². The van der Waals surface area contributed by atoms with Crippen LogP contribution in [-0.4, -0.2) is 23.5 Å². The van der Waals surface area contributed by atoms with Crippen molar-refractivity contribution >= 4 is 22.9 Å². The van der Waals surface area contributed by atoms with Crippen LogP contribution in [0.5, 0.6) is 5.75 Å². The predicted octanol–water partition coefficient (Wildman–Crippen LogP) is 5.25. The van der Waals surface area contributed by atoms with Gasteiger partial charge in [-0.2, -0.15) is 0 Å². The maximum atomic E-state index is 13.0. The number of rotatable bonds is 6. The van der Waals surface area contributed by atoms with E-state index in [2.05, 4.69) is 10.9 Å². The van der Waals surface area contributed by atoms with Crippen molar-refractivity contribution in [2.45, 2.75) is 26.9 Å². The first kappa shape index (κ1) is 19.7. The van der Waals surface area contributed by atoms with E-state index >= 15 is 0 Å². The van der Waals surface area contributed by atoms with Gasteiger partial charge in [0.05, 0.1) is 6.10 Å². The molecule has 0 bridgehead atoms. The molecular weight excluding hydrogens is 368 g/mol. The summed E-state index contributed by atoms with van der Waals surface area (Å²) in [5.41, 5.74) is 2.90. The van der Waals surface area contributed by atoms with Gasteiger partial charge in [0.2, 0.25) is 0 Å². The number of terminal acetylenes is 1. The standard InChI is InChI=1S/C23H22N2O2S/c1-5-17-8-7-9-19(14-17)25(6-2)23(26)21-15-28-22(24-21)18-10-12-20(13-11-18)27-16(3)4/h1,7-16H,6H2,2-4H3. The first-order chi connectivity index (χ1) is 13.5. The van der Waals surface area contributed by atoms with Crippen LogP contribution < -0.4 is 9.64 Å². The average Bonchev–Trinajstić information content (AvgIpc) is 3.19. The molecule has 0 spiro atoms. The summed E-state index contributed by atoms with van der Waals surface area (Å²) in [6.45, 7) is 6.44. The fourth-order valence-corrected chi connectivity index (χ4v) is 3.60.